The summed E-state index contributed by atoms with van der Waals surface area (Å²) in [5.41, 5.74) is 6.51. The minimum Gasteiger partial charge on any atom is -0.427 e. The molecular formula is C32H40BNO2. The third-order valence-corrected chi connectivity index (χ3v) is 8.91. The molecule has 1 N–H and O–H groups in total. The lowest BCUT2D eigenvalue weighted by Crippen LogP contribution is -2.49. The summed E-state index contributed by atoms with van der Waals surface area (Å²) in [6.07, 6.45) is 2.42. The number of aliphatic hydroxyl groups is 1. The van der Waals surface area contributed by atoms with Crippen molar-refractivity contribution in [3.63, 3.8) is 0 Å². The van der Waals surface area contributed by atoms with Crippen LogP contribution in [0.15, 0.2) is 60.7 Å². The highest BCUT2D eigenvalue weighted by Gasteiger charge is 2.38. The molecule has 0 amide bonds. The number of rotatable bonds is 5. The van der Waals surface area contributed by atoms with Gasteiger partial charge in [0.1, 0.15) is 0 Å². The molecule has 1 aliphatic carbocycles. The largest absolute Gasteiger partial charge is 0.427 e. The minimum absolute atomic E-state index is 0.162. The molecule has 5 rings (SSSR count). The number of para-hydroxylation sites is 1. The topological polar surface area (TPSA) is 34.4 Å². The van der Waals surface area contributed by atoms with E-state index in [1.807, 2.05) is 13.8 Å². The van der Waals surface area contributed by atoms with Crippen molar-refractivity contribution < 1.29 is 9.76 Å². The Labute approximate surface area is 216 Å². The van der Waals surface area contributed by atoms with E-state index in [2.05, 4.69) is 92.9 Å². The summed E-state index contributed by atoms with van der Waals surface area (Å²) in [4.78, 5) is 0. The average Bonchev–Trinajstić information content (AvgIpc) is 3.13. The van der Waals surface area contributed by atoms with Gasteiger partial charge in [0.05, 0.1) is 22.2 Å². The van der Waals surface area contributed by atoms with Crippen LogP contribution in [0.5, 0.6) is 0 Å². The highest BCUT2D eigenvalue weighted by Crippen LogP contribution is 2.48. The summed E-state index contributed by atoms with van der Waals surface area (Å²) in [6.45, 7) is 17.0. The van der Waals surface area contributed by atoms with Gasteiger partial charge in [-0.2, -0.15) is 0 Å². The standard InChI is InChI=1S/C32H40BNO2/c1-29(2)17-18-30(3,4)26-20-28-24(19-25(26)29)23-11-9-10-12-27(23)34(28)22-15-13-21(14-16-22)33-36-32(7,8)31(5,6)35/h9-16,19-20,33,35H,17-18H2,1-8H3. The molecule has 3 aromatic carbocycles. The molecule has 0 atom stereocenters. The summed E-state index contributed by atoms with van der Waals surface area (Å²) >= 11 is 0. The molecule has 0 unspecified atom stereocenters. The van der Waals surface area contributed by atoms with Crippen LogP contribution in [-0.2, 0) is 15.5 Å². The van der Waals surface area contributed by atoms with Gasteiger partial charge >= 0.3 is 7.48 Å². The van der Waals surface area contributed by atoms with E-state index in [-0.39, 0.29) is 10.8 Å². The summed E-state index contributed by atoms with van der Waals surface area (Å²) < 4.78 is 8.51. The Morgan fingerprint density at radius 3 is 1.97 bits per heavy atom. The van der Waals surface area contributed by atoms with E-state index in [0.29, 0.717) is 7.48 Å². The Kier molecular flexibility index (Phi) is 5.74. The van der Waals surface area contributed by atoms with Gasteiger partial charge in [-0.25, -0.2) is 0 Å². The van der Waals surface area contributed by atoms with E-state index in [1.165, 1.54) is 45.8 Å². The first-order chi connectivity index (χ1) is 16.7. The van der Waals surface area contributed by atoms with Crippen molar-refractivity contribution in [1.82, 2.24) is 4.57 Å². The quantitative estimate of drug-likeness (QED) is 0.323. The van der Waals surface area contributed by atoms with Crippen molar-refractivity contribution in [3.05, 3.63) is 71.8 Å². The van der Waals surface area contributed by atoms with Gasteiger partial charge in [-0.05, 0) is 92.8 Å². The van der Waals surface area contributed by atoms with Gasteiger partial charge in [0.15, 0.2) is 0 Å². The molecule has 0 saturated carbocycles. The van der Waals surface area contributed by atoms with Crippen LogP contribution in [0.2, 0.25) is 0 Å². The van der Waals surface area contributed by atoms with Crippen molar-refractivity contribution in [2.45, 2.75) is 90.3 Å². The van der Waals surface area contributed by atoms with Gasteiger partial charge in [0, 0.05) is 16.5 Å². The summed E-state index contributed by atoms with van der Waals surface area (Å²) in [7, 11) is 0.460. The van der Waals surface area contributed by atoms with Crippen LogP contribution in [0.3, 0.4) is 0 Å². The fourth-order valence-corrected chi connectivity index (χ4v) is 5.49. The molecule has 0 aliphatic heterocycles. The van der Waals surface area contributed by atoms with Crippen molar-refractivity contribution >= 4 is 34.8 Å². The fourth-order valence-electron chi connectivity index (χ4n) is 5.49. The monoisotopic (exact) mass is 481 g/mol. The molecule has 4 aromatic rings. The number of fused-ring (bicyclic) bond motifs is 4. The molecule has 0 saturated heterocycles. The second kappa shape index (κ2) is 8.23. The first kappa shape index (κ1) is 25.1. The Bertz CT molecular complexity index is 1440. The minimum atomic E-state index is -0.919. The third kappa shape index (κ3) is 4.09. The number of hydrogen-bond acceptors (Lipinski definition) is 2. The predicted octanol–water partition coefficient (Wildman–Crippen LogP) is 6.68. The van der Waals surface area contributed by atoms with Crippen LogP contribution < -0.4 is 5.46 Å². The average molecular weight is 481 g/mol. The van der Waals surface area contributed by atoms with Crippen molar-refractivity contribution in [2.24, 2.45) is 0 Å². The fraction of sp³-hybridized carbons (Fsp3) is 0.438. The molecule has 3 nitrogen and oxygen atoms in total. The van der Waals surface area contributed by atoms with Crippen LogP contribution in [-0.4, -0.2) is 28.4 Å². The Balaban J connectivity index is 1.62. The lowest BCUT2D eigenvalue weighted by molar-refractivity contribution is -0.0893. The molecule has 1 heterocycles. The Morgan fingerprint density at radius 2 is 1.36 bits per heavy atom. The molecule has 0 bridgehead atoms. The van der Waals surface area contributed by atoms with Crippen LogP contribution in [0.25, 0.3) is 27.5 Å². The molecular weight excluding hydrogens is 441 g/mol. The number of nitrogens with zero attached hydrogens (tertiary/aromatic N) is 1. The maximum Gasteiger partial charge on any atom is 0.309 e. The van der Waals surface area contributed by atoms with E-state index in [4.69, 9.17) is 4.65 Å². The molecule has 0 fully saturated rings. The number of aromatic nitrogens is 1. The first-order valence-electron chi connectivity index (χ1n) is 13.3. The van der Waals surface area contributed by atoms with Crippen LogP contribution >= 0.6 is 0 Å². The Morgan fingerprint density at radius 1 is 0.778 bits per heavy atom. The van der Waals surface area contributed by atoms with E-state index < -0.39 is 11.2 Å². The van der Waals surface area contributed by atoms with Crippen LogP contribution in [0.4, 0.5) is 0 Å². The summed E-state index contributed by atoms with van der Waals surface area (Å²) in [5.74, 6) is 0. The summed E-state index contributed by atoms with van der Waals surface area (Å²) in [6, 6.07) is 22.4. The van der Waals surface area contributed by atoms with E-state index in [1.54, 1.807) is 13.8 Å². The molecule has 0 radical (unpaired) electrons. The number of hydrogen-bond donors (Lipinski definition) is 1. The highest BCUT2D eigenvalue weighted by atomic mass is 16.5. The summed E-state index contributed by atoms with van der Waals surface area (Å²) in [5, 5.41) is 13.0. The van der Waals surface area contributed by atoms with E-state index in [0.717, 1.165) is 11.2 Å². The van der Waals surface area contributed by atoms with E-state index in [9.17, 15) is 5.11 Å². The molecule has 36 heavy (non-hydrogen) atoms. The molecule has 0 spiro atoms. The third-order valence-electron chi connectivity index (χ3n) is 8.91. The van der Waals surface area contributed by atoms with Gasteiger partial charge in [0.25, 0.3) is 0 Å². The van der Waals surface area contributed by atoms with Gasteiger partial charge in [-0.1, -0.05) is 63.5 Å². The maximum absolute atomic E-state index is 10.4. The van der Waals surface area contributed by atoms with Crippen molar-refractivity contribution in [2.75, 3.05) is 0 Å². The van der Waals surface area contributed by atoms with Crippen LogP contribution in [0, 0.1) is 0 Å². The lowest BCUT2D eigenvalue weighted by Gasteiger charge is -2.42. The maximum atomic E-state index is 10.4. The second-order valence-electron chi connectivity index (χ2n) is 13.1. The Hall–Kier alpha value is -2.56. The van der Waals surface area contributed by atoms with Gasteiger partial charge in [-0.3, -0.25) is 0 Å². The zero-order chi connectivity index (χ0) is 26.1. The number of benzene rings is 3. The zero-order valence-electron chi connectivity index (χ0n) is 23.2. The highest BCUT2D eigenvalue weighted by molar-refractivity contribution is 6.47. The predicted molar refractivity (Wildman–Crippen MR) is 154 cm³/mol. The van der Waals surface area contributed by atoms with Crippen molar-refractivity contribution in [1.29, 1.82) is 0 Å². The van der Waals surface area contributed by atoms with Crippen molar-refractivity contribution in [3.8, 4) is 5.69 Å². The van der Waals surface area contributed by atoms with Gasteiger partial charge in [-0.15, -0.1) is 0 Å². The molecule has 1 aromatic heterocycles. The smallest absolute Gasteiger partial charge is 0.309 e. The molecule has 4 heteroatoms. The van der Waals surface area contributed by atoms with Gasteiger partial charge < -0.3 is 14.3 Å². The SMILES string of the molecule is CC1(C)CCC(C)(C)c2cc3c(cc21)c1ccccc1n3-c1ccc(BOC(C)(C)C(C)(C)O)cc1. The van der Waals surface area contributed by atoms with Gasteiger partial charge in [0.2, 0.25) is 0 Å². The normalized spacial score (nSPS) is 17.4. The molecule has 188 valence electrons. The lowest BCUT2D eigenvalue weighted by atomic mass is 9.63. The van der Waals surface area contributed by atoms with E-state index >= 15 is 0 Å². The zero-order valence-corrected chi connectivity index (χ0v) is 23.2. The second-order valence-corrected chi connectivity index (χ2v) is 13.1. The first-order valence-corrected chi connectivity index (χ1v) is 13.3. The van der Waals surface area contributed by atoms with Crippen LogP contribution in [0.1, 0.15) is 79.4 Å². The molecule has 1 aliphatic rings.